The van der Waals surface area contributed by atoms with Crippen molar-refractivity contribution in [2.24, 2.45) is 5.73 Å². The Hall–Kier alpha value is -1.38. The Bertz CT molecular complexity index is 732. The molecule has 10 heteroatoms. The van der Waals surface area contributed by atoms with Crippen molar-refractivity contribution in [3.05, 3.63) is 45.5 Å². The number of carbonyl (C=O) groups is 1. The third kappa shape index (κ3) is 4.83. The molecule has 1 aliphatic heterocycles. The Labute approximate surface area is 161 Å². The number of piperazine rings is 1. The van der Waals surface area contributed by atoms with E-state index in [0.717, 1.165) is 13.1 Å². The van der Waals surface area contributed by atoms with Crippen LogP contribution in [0.4, 0.5) is 0 Å². The maximum Gasteiger partial charge on any atom is 0.255 e. The number of nitrogens with two attached hydrogens (primary N) is 1. The second-order valence-corrected chi connectivity index (χ2v) is 6.34. The van der Waals surface area contributed by atoms with Gasteiger partial charge >= 0.3 is 0 Å². The van der Waals surface area contributed by atoms with Gasteiger partial charge in [0.25, 0.3) is 5.91 Å². The summed E-state index contributed by atoms with van der Waals surface area (Å²) < 4.78 is 4.99. The van der Waals surface area contributed by atoms with Gasteiger partial charge in [0.1, 0.15) is 0 Å². The van der Waals surface area contributed by atoms with E-state index in [-0.39, 0.29) is 24.9 Å². The molecule has 1 fully saturated rings. The summed E-state index contributed by atoms with van der Waals surface area (Å²) in [5.74, 6) is 0.952. The second-order valence-electron chi connectivity index (χ2n) is 5.50. The Morgan fingerprint density at radius 2 is 1.96 bits per heavy atom. The van der Waals surface area contributed by atoms with E-state index in [0.29, 0.717) is 47.0 Å². The smallest absolute Gasteiger partial charge is 0.255 e. The van der Waals surface area contributed by atoms with Gasteiger partial charge in [0.15, 0.2) is 5.82 Å². The fourth-order valence-corrected chi connectivity index (χ4v) is 3.07. The molecule has 1 aliphatic rings. The SMILES string of the molecule is Cl.NCc1nc(CN2CCN(C(=O)c3ccc(Cl)cc3Cl)CC2)no1. The highest BCUT2D eigenvalue weighted by Crippen LogP contribution is 2.23. The lowest BCUT2D eigenvalue weighted by molar-refractivity contribution is 0.0624. The van der Waals surface area contributed by atoms with Gasteiger partial charge in [-0.05, 0) is 18.2 Å². The first-order valence-electron chi connectivity index (χ1n) is 7.55. The van der Waals surface area contributed by atoms with Crippen molar-refractivity contribution in [3.8, 4) is 0 Å². The van der Waals surface area contributed by atoms with Crippen LogP contribution in [0.3, 0.4) is 0 Å². The lowest BCUT2D eigenvalue weighted by Gasteiger charge is -2.34. The van der Waals surface area contributed by atoms with Crippen LogP contribution in [0.5, 0.6) is 0 Å². The van der Waals surface area contributed by atoms with Crippen LogP contribution >= 0.6 is 35.6 Å². The van der Waals surface area contributed by atoms with Crippen LogP contribution in [0.15, 0.2) is 22.7 Å². The molecule has 1 saturated heterocycles. The highest BCUT2D eigenvalue weighted by Gasteiger charge is 2.24. The zero-order valence-corrected chi connectivity index (χ0v) is 15.6. The lowest BCUT2D eigenvalue weighted by atomic mass is 10.2. The maximum atomic E-state index is 12.6. The number of benzene rings is 1. The minimum absolute atomic E-state index is 0. The summed E-state index contributed by atoms with van der Waals surface area (Å²) in [5.41, 5.74) is 5.92. The monoisotopic (exact) mass is 405 g/mol. The standard InChI is InChI=1S/C15H17Cl2N5O2.ClH/c16-10-1-2-11(12(17)7-10)15(23)22-5-3-21(4-6-22)9-13-19-14(8-18)24-20-13;/h1-2,7H,3-6,8-9,18H2;1H. The normalized spacial score (nSPS) is 15.1. The average Bonchev–Trinajstić information content (AvgIpc) is 3.03. The maximum absolute atomic E-state index is 12.6. The number of halogens is 3. The molecular formula is C15H18Cl3N5O2. The van der Waals surface area contributed by atoms with Crippen molar-refractivity contribution >= 4 is 41.5 Å². The van der Waals surface area contributed by atoms with Crippen molar-refractivity contribution in [1.29, 1.82) is 0 Å². The number of nitrogens with zero attached hydrogens (tertiary/aromatic N) is 4. The van der Waals surface area contributed by atoms with Gasteiger partial charge in [0.05, 0.1) is 23.7 Å². The molecule has 2 N–H and O–H groups in total. The number of hydrogen-bond donors (Lipinski definition) is 1. The molecule has 1 aromatic heterocycles. The molecule has 1 aromatic carbocycles. The zero-order valence-electron chi connectivity index (χ0n) is 13.3. The van der Waals surface area contributed by atoms with E-state index >= 15 is 0 Å². The number of aromatic nitrogens is 2. The van der Waals surface area contributed by atoms with Gasteiger partial charge in [0.2, 0.25) is 5.89 Å². The molecule has 0 atom stereocenters. The molecule has 0 spiro atoms. The van der Waals surface area contributed by atoms with Crippen molar-refractivity contribution in [2.75, 3.05) is 26.2 Å². The zero-order chi connectivity index (χ0) is 17.1. The largest absolute Gasteiger partial charge is 0.338 e. The third-order valence-corrected chi connectivity index (χ3v) is 4.42. The minimum atomic E-state index is -0.0821. The molecule has 3 rings (SSSR count). The first kappa shape index (κ1) is 19.9. The number of rotatable bonds is 4. The van der Waals surface area contributed by atoms with E-state index in [4.69, 9.17) is 33.5 Å². The van der Waals surface area contributed by atoms with Crippen LogP contribution in [-0.4, -0.2) is 52.0 Å². The van der Waals surface area contributed by atoms with E-state index in [1.54, 1.807) is 23.1 Å². The summed E-state index contributed by atoms with van der Waals surface area (Å²) in [6.07, 6.45) is 0. The molecule has 1 amide bonds. The van der Waals surface area contributed by atoms with Crippen molar-refractivity contribution in [1.82, 2.24) is 19.9 Å². The minimum Gasteiger partial charge on any atom is -0.338 e. The van der Waals surface area contributed by atoms with E-state index in [1.807, 2.05) is 0 Å². The molecule has 2 heterocycles. The van der Waals surface area contributed by atoms with E-state index in [2.05, 4.69) is 15.0 Å². The topological polar surface area (TPSA) is 88.5 Å². The van der Waals surface area contributed by atoms with Crippen LogP contribution < -0.4 is 5.73 Å². The molecule has 0 radical (unpaired) electrons. The fourth-order valence-electron chi connectivity index (χ4n) is 2.58. The molecule has 136 valence electrons. The van der Waals surface area contributed by atoms with E-state index in [1.165, 1.54) is 0 Å². The van der Waals surface area contributed by atoms with Crippen LogP contribution in [0, 0.1) is 0 Å². The van der Waals surface area contributed by atoms with Gasteiger partial charge in [-0.15, -0.1) is 12.4 Å². The highest BCUT2D eigenvalue weighted by atomic mass is 35.5. The van der Waals surface area contributed by atoms with Gasteiger partial charge in [-0.1, -0.05) is 28.4 Å². The van der Waals surface area contributed by atoms with Crippen LogP contribution in [0.25, 0.3) is 0 Å². The first-order chi connectivity index (χ1) is 11.6. The van der Waals surface area contributed by atoms with Gasteiger partial charge in [0, 0.05) is 31.2 Å². The molecule has 7 nitrogen and oxygen atoms in total. The van der Waals surface area contributed by atoms with Gasteiger partial charge in [-0.25, -0.2) is 0 Å². The molecular weight excluding hydrogens is 389 g/mol. The Morgan fingerprint density at radius 1 is 1.24 bits per heavy atom. The molecule has 25 heavy (non-hydrogen) atoms. The summed E-state index contributed by atoms with van der Waals surface area (Å²) in [6.45, 7) is 3.48. The highest BCUT2D eigenvalue weighted by molar-refractivity contribution is 6.36. The van der Waals surface area contributed by atoms with Gasteiger partial charge in [-0.2, -0.15) is 4.98 Å². The van der Waals surface area contributed by atoms with Crippen LogP contribution in [0.2, 0.25) is 10.0 Å². The quantitative estimate of drug-likeness (QED) is 0.837. The summed E-state index contributed by atoms with van der Waals surface area (Å²) in [5, 5.41) is 4.77. The Morgan fingerprint density at radius 3 is 2.56 bits per heavy atom. The fraction of sp³-hybridized carbons (Fsp3) is 0.400. The molecule has 2 aromatic rings. The Kier molecular flexibility index (Phi) is 7.04. The third-order valence-electron chi connectivity index (χ3n) is 3.87. The molecule has 0 aliphatic carbocycles. The van der Waals surface area contributed by atoms with E-state index in [9.17, 15) is 4.79 Å². The lowest BCUT2D eigenvalue weighted by Crippen LogP contribution is -2.48. The van der Waals surface area contributed by atoms with Crippen LogP contribution in [0.1, 0.15) is 22.1 Å². The average molecular weight is 407 g/mol. The van der Waals surface area contributed by atoms with Crippen molar-refractivity contribution < 1.29 is 9.32 Å². The van der Waals surface area contributed by atoms with Crippen LogP contribution in [-0.2, 0) is 13.1 Å². The Balaban J connectivity index is 0.00000225. The second kappa shape index (κ2) is 8.82. The van der Waals surface area contributed by atoms with Crippen molar-refractivity contribution in [2.45, 2.75) is 13.1 Å². The van der Waals surface area contributed by atoms with E-state index < -0.39 is 0 Å². The molecule has 0 bridgehead atoms. The first-order valence-corrected chi connectivity index (χ1v) is 8.30. The summed E-state index contributed by atoms with van der Waals surface area (Å²) in [6, 6.07) is 4.91. The summed E-state index contributed by atoms with van der Waals surface area (Å²) >= 11 is 12.0. The molecule has 0 unspecified atom stereocenters. The predicted molar refractivity (Wildman–Crippen MR) is 97.1 cm³/mol. The van der Waals surface area contributed by atoms with Gasteiger partial charge in [-0.3, -0.25) is 9.69 Å². The molecule has 0 saturated carbocycles. The number of amides is 1. The van der Waals surface area contributed by atoms with Crippen molar-refractivity contribution in [3.63, 3.8) is 0 Å². The predicted octanol–water partition coefficient (Wildman–Crippen LogP) is 2.21. The number of hydrogen-bond acceptors (Lipinski definition) is 6. The number of carbonyl (C=O) groups excluding carboxylic acids is 1. The van der Waals surface area contributed by atoms with Gasteiger partial charge < -0.3 is 15.2 Å². The summed E-state index contributed by atoms with van der Waals surface area (Å²) in [7, 11) is 0. The summed E-state index contributed by atoms with van der Waals surface area (Å²) in [4.78, 5) is 20.7.